The second-order valence-corrected chi connectivity index (χ2v) is 5.71. The molecule has 4 N–H and O–H groups in total. The highest BCUT2D eigenvalue weighted by Crippen LogP contribution is 2.34. The van der Waals surface area contributed by atoms with Crippen LogP contribution in [0.4, 0.5) is 5.82 Å². The van der Waals surface area contributed by atoms with E-state index < -0.39 is 24.4 Å². The summed E-state index contributed by atoms with van der Waals surface area (Å²) < 4.78 is 12.3. The van der Waals surface area contributed by atoms with E-state index >= 15 is 0 Å². The molecule has 0 spiro atoms. The Bertz CT molecular complexity index is 734. The minimum absolute atomic E-state index is 0.117. The van der Waals surface area contributed by atoms with E-state index in [2.05, 4.69) is 10.1 Å². The predicted octanol–water partition coefficient (Wildman–Crippen LogP) is -0.184. The molecule has 0 aromatic carbocycles. The van der Waals surface area contributed by atoms with E-state index in [0.717, 1.165) is 0 Å². The van der Waals surface area contributed by atoms with Crippen LogP contribution in [0, 0.1) is 0 Å². The molecule has 0 saturated carbocycles. The van der Waals surface area contributed by atoms with E-state index in [1.807, 2.05) is 6.92 Å². The lowest BCUT2D eigenvalue weighted by molar-refractivity contribution is -0.149. The fraction of sp³-hybridized carbons (Fsp3) is 0.533. The van der Waals surface area contributed by atoms with Gasteiger partial charge in [0.15, 0.2) is 5.82 Å². The Morgan fingerprint density at radius 2 is 2.21 bits per heavy atom. The van der Waals surface area contributed by atoms with Crippen LogP contribution >= 0.6 is 0 Å². The molecular weight excluding hydrogens is 316 g/mol. The second-order valence-electron chi connectivity index (χ2n) is 5.71. The Balaban J connectivity index is 1.77. The summed E-state index contributed by atoms with van der Waals surface area (Å²) in [4.78, 5) is 15.4. The van der Waals surface area contributed by atoms with Crippen molar-refractivity contribution in [1.82, 2.24) is 14.6 Å². The van der Waals surface area contributed by atoms with Gasteiger partial charge >= 0.3 is 5.97 Å². The molecule has 0 radical (unpaired) electrons. The number of aliphatic hydroxyl groups excluding tert-OH is 2. The van der Waals surface area contributed by atoms with E-state index in [1.165, 1.54) is 10.8 Å². The first-order valence-electron chi connectivity index (χ1n) is 7.78. The number of hydrogen-bond acceptors (Lipinski definition) is 8. The van der Waals surface area contributed by atoms with Crippen molar-refractivity contribution >= 4 is 17.3 Å². The van der Waals surface area contributed by atoms with Gasteiger partial charge in [-0.25, -0.2) is 9.50 Å². The third-order valence-corrected chi connectivity index (χ3v) is 4.03. The average molecular weight is 336 g/mol. The molecule has 0 aliphatic carbocycles. The zero-order valence-corrected chi connectivity index (χ0v) is 13.2. The van der Waals surface area contributed by atoms with Gasteiger partial charge in [-0.05, 0) is 18.6 Å². The van der Waals surface area contributed by atoms with E-state index in [0.29, 0.717) is 29.9 Å². The van der Waals surface area contributed by atoms with Crippen LogP contribution in [-0.2, 0) is 14.3 Å². The number of nitrogen functional groups attached to an aromatic ring is 1. The zero-order valence-electron chi connectivity index (χ0n) is 13.2. The Hall–Kier alpha value is -2.23. The average Bonchev–Trinajstić information content (AvgIpc) is 3.10. The van der Waals surface area contributed by atoms with Crippen LogP contribution in [0.3, 0.4) is 0 Å². The maximum Gasteiger partial charge on any atom is 0.305 e. The van der Waals surface area contributed by atoms with Crippen LogP contribution in [-0.4, -0.2) is 55.7 Å². The van der Waals surface area contributed by atoms with E-state index in [-0.39, 0.29) is 12.6 Å². The Morgan fingerprint density at radius 1 is 1.42 bits per heavy atom. The number of carbonyl (C=O) groups is 1. The van der Waals surface area contributed by atoms with Crippen molar-refractivity contribution in [1.29, 1.82) is 0 Å². The number of esters is 1. The Morgan fingerprint density at radius 3 is 2.96 bits per heavy atom. The fourth-order valence-electron chi connectivity index (χ4n) is 2.77. The topological polar surface area (TPSA) is 132 Å². The number of nitrogens with zero attached hydrogens (tertiary/aromatic N) is 3. The standard InChI is InChI=1S/C15H20N4O5/c1-2-3-11(20)23-6-10-12(21)13(22)14(24-10)8-4-5-9-15(16)17-7-18-19(8)9/h4-5,7,10,12-14,21-22H,2-3,6H2,1H3,(H2,16,17,18)/t10-,12-,13-,14+/m1/s1. The number of hydrogen-bond donors (Lipinski definition) is 3. The van der Waals surface area contributed by atoms with Crippen molar-refractivity contribution < 1.29 is 24.5 Å². The SMILES string of the molecule is CCCC(=O)OC[C@H]1O[C@@H](c2ccc3c(N)ncnn23)[C@H](O)[C@@H]1O. The number of fused-ring (bicyclic) bond motifs is 1. The largest absolute Gasteiger partial charge is 0.463 e. The van der Waals surface area contributed by atoms with Crippen LogP contribution in [0.15, 0.2) is 18.5 Å². The van der Waals surface area contributed by atoms with Gasteiger partial charge in [0.1, 0.15) is 42.9 Å². The van der Waals surface area contributed by atoms with Crippen molar-refractivity contribution in [3.63, 3.8) is 0 Å². The lowest BCUT2D eigenvalue weighted by Crippen LogP contribution is -2.34. The lowest BCUT2D eigenvalue weighted by Gasteiger charge is -2.14. The summed E-state index contributed by atoms with van der Waals surface area (Å²) in [6.07, 6.45) is -1.69. The summed E-state index contributed by atoms with van der Waals surface area (Å²) in [7, 11) is 0. The lowest BCUT2D eigenvalue weighted by atomic mass is 10.1. The number of anilines is 1. The van der Waals surface area contributed by atoms with Gasteiger partial charge in [0.25, 0.3) is 0 Å². The zero-order chi connectivity index (χ0) is 17.3. The van der Waals surface area contributed by atoms with Crippen molar-refractivity contribution in [2.75, 3.05) is 12.3 Å². The third kappa shape index (κ3) is 2.93. The first-order chi connectivity index (χ1) is 11.5. The van der Waals surface area contributed by atoms with Gasteiger partial charge in [0.2, 0.25) is 0 Å². The van der Waals surface area contributed by atoms with Crippen LogP contribution in [0.1, 0.15) is 31.6 Å². The number of ether oxygens (including phenoxy) is 2. The molecule has 24 heavy (non-hydrogen) atoms. The maximum atomic E-state index is 11.5. The van der Waals surface area contributed by atoms with Crippen molar-refractivity contribution in [3.05, 3.63) is 24.2 Å². The highest BCUT2D eigenvalue weighted by Gasteiger charge is 2.45. The van der Waals surface area contributed by atoms with Gasteiger partial charge < -0.3 is 25.4 Å². The van der Waals surface area contributed by atoms with Gasteiger partial charge in [0.05, 0.1) is 5.69 Å². The highest BCUT2D eigenvalue weighted by molar-refractivity contribution is 5.69. The molecule has 4 atom stereocenters. The summed E-state index contributed by atoms with van der Waals surface area (Å²) in [6.45, 7) is 1.75. The summed E-state index contributed by atoms with van der Waals surface area (Å²) in [6, 6.07) is 3.41. The molecule has 0 bridgehead atoms. The van der Waals surface area contributed by atoms with Gasteiger partial charge in [-0.1, -0.05) is 6.92 Å². The van der Waals surface area contributed by atoms with Gasteiger partial charge in [-0.15, -0.1) is 0 Å². The minimum Gasteiger partial charge on any atom is -0.463 e. The molecule has 1 aliphatic heterocycles. The van der Waals surface area contributed by atoms with Gasteiger partial charge in [-0.3, -0.25) is 4.79 Å². The molecule has 3 rings (SSSR count). The number of aliphatic hydroxyl groups is 2. The summed E-state index contributed by atoms with van der Waals surface area (Å²) >= 11 is 0. The third-order valence-electron chi connectivity index (χ3n) is 4.03. The molecule has 0 unspecified atom stereocenters. The number of rotatable bonds is 5. The fourth-order valence-corrected chi connectivity index (χ4v) is 2.77. The quantitative estimate of drug-likeness (QED) is 0.640. The van der Waals surface area contributed by atoms with Gasteiger partial charge in [-0.2, -0.15) is 5.10 Å². The molecule has 9 heteroatoms. The van der Waals surface area contributed by atoms with Gasteiger partial charge in [0, 0.05) is 6.42 Å². The minimum atomic E-state index is -1.17. The van der Waals surface area contributed by atoms with Crippen molar-refractivity contribution in [2.24, 2.45) is 0 Å². The van der Waals surface area contributed by atoms with Crippen LogP contribution < -0.4 is 5.73 Å². The summed E-state index contributed by atoms with van der Waals surface area (Å²) in [5.74, 6) is -0.0609. The molecule has 1 saturated heterocycles. The molecule has 3 heterocycles. The molecule has 1 aliphatic rings. The Labute approximate surface area is 138 Å². The van der Waals surface area contributed by atoms with Crippen LogP contribution in [0.5, 0.6) is 0 Å². The number of aromatic nitrogens is 3. The first-order valence-corrected chi connectivity index (χ1v) is 7.78. The summed E-state index contributed by atoms with van der Waals surface area (Å²) in [5.41, 5.74) is 6.90. The van der Waals surface area contributed by atoms with E-state index in [1.54, 1.807) is 12.1 Å². The molecule has 130 valence electrons. The maximum absolute atomic E-state index is 11.5. The highest BCUT2D eigenvalue weighted by atomic mass is 16.6. The molecule has 9 nitrogen and oxygen atoms in total. The van der Waals surface area contributed by atoms with E-state index in [4.69, 9.17) is 15.2 Å². The van der Waals surface area contributed by atoms with Crippen molar-refractivity contribution in [2.45, 2.75) is 44.2 Å². The first kappa shape index (κ1) is 16.6. The van der Waals surface area contributed by atoms with Crippen molar-refractivity contribution in [3.8, 4) is 0 Å². The molecule has 2 aromatic heterocycles. The van der Waals surface area contributed by atoms with E-state index in [9.17, 15) is 15.0 Å². The van der Waals surface area contributed by atoms with Crippen LogP contribution in [0.2, 0.25) is 0 Å². The predicted molar refractivity (Wildman–Crippen MR) is 82.9 cm³/mol. The summed E-state index contributed by atoms with van der Waals surface area (Å²) in [5, 5.41) is 24.6. The number of carbonyl (C=O) groups excluding carboxylic acids is 1. The molecule has 0 amide bonds. The molecule has 2 aromatic rings. The molecule has 1 fully saturated rings. The normalized spacial score (nSPS) is 26.8. The molecular formula is C15H20N4O5. The smallest absolute Gasteiger partial charge is 0.305 e. The monoisotopic (exact) mass is 336 g/mol. The number of nitrogens with two attached hydrogens (primary N) is 1. The van der Waals surface area contributed by atoms with Crippen LogP contribution in [0.25, 0.3) is 5.52 Å². The second kappa shape index (κ2) is 6.71. The Kier molecular flexibility index (Phi) is 4.65.